The summed E-state index contributed by atoms with van der Waals surface area (Å²) in [6.07, 6.45) is 1.62. The molecular weight excluding hydrogens is 382 g/mol. The summed E-state index contributed by atoms with van der Waals surface area (Å²) < 4.78 is 0. The number of benzene rings is 2. The monoisotopic (exact) mass is 401 g/mol. The molecule has 0 radical (unpaired) electrons. The van der Waals surface area contributed by atoms with Gasteiger partial charge in [0.2, 0.25) is 0 Å². The van der Waals surface area contributed by atoms with Crippen LogP contribution in [0.3, 0.4) is 0 Å². The number of rotatable bonds is 5. The van der Waals surface area contributed by atoms with Gasteiger partial charge < -0.3 is 10.0 Å². The lowest BCUT2D eigenvalue weighted by molar-refractivity contribution is 0.0703. The predicted molar refractivity (Wildman–Crippen MR) is 119 cm³/mol. The minimum atomic E-state index is -1.00. The molecule has 5 nitrogen and oxygen atoms in total. The molecule has 0 aliphatic rings. The molecule has 0 aliphatic heterocycles. The maximum atomic E-state index is 11.9. The topological polar surface area (TPSA) is 65.8 Å². The van der Waals surface area contributed by atoms with Gasteiger partial charge in [-0.3, -0.25) is 0 Å². The molecule has 0 fully saturated rings. The fraction of sp³-hybridized carbons (Fsp3) is 0.0870. The van der Waals surface area contributed by atoms with Crippen molar-refractivity contribution in [2.24, 2.45) is 4.99 Å². The second kappa shape index (κ2) is 7.85. The fourth-order valence-corrected chi connectivity index (χ4v) is 4.11. The number of fused-ring (bicyclic) bond motifs is 1. The Balaban J connectivity index is 2.08. The largest absolute Gasteiger partial charge is 0.477 e. The van der Waals surface area contributed by atoms with Crippen LogP contribution in [0.4, 0.5) is 5.69 Å². The molecule has 0 aliphatic carbocycles. The number of aromatic nitrogens is 1. The lowest BCUT2D eigenvalue weighted by Gasteiger charge is -2.09. The van der Waals surface area contributed by atoms with Crippen molar-refractivity contribution in [3.8, 4) is 22.4 Å². The molecular formula is C23H19N3O2S. The van der Waals surface area contributed by atoms with Gasteiger partial charge in [0.1, 0.15) is 15.4 Å². The molecule has 2 aromatic carbocycles. The van der Waals surface area contributed by atoms with Crippen LogP contribution >= 0.6 is 11.3 Å². The Bertz CT molecular complexity index is 1200. The summed E-state index contributed by atoms with van der Waals surface area (Å²) in [5, 5.41) is 10.5. The number of thiophene rings is 1. The highest BCUT2D eigenvalue weighted by molar-refractivity contribution is 7.21. The van der Waals surface area contributed by atoms with Gasteiger partial charge in [-0.05, 0) is 17.2 Å². The van der Waals surface area contributed by atoms with Crippen LogP contribution in [0.1, 0.15) is 9.67 Å². The Morgan fingerprint density at radius 3 is 2.24 bits per heavy atom. The molecule has 0 saturated heterocycles. The minimum Gasteiger partial charge on any atom is -0.477 e. The molecule has 0 amide bonds. The summed E-state index contributed by atoms with van der Waals surface area (Å²) in [6.45, 7) is 0. The maximum absolute atomic E-state index is 11.9. The third kappa shape index (κ3) is 3.75. The highest BCUT2D eigenvalue weighted by Gasteiger charge is 2.22. The van der Waals surface area contributed by atoms with E-state index < -0.39 is 5.97 Å². The molecule has 2 aromatic heterocycles. The average molecular weight is 401 g/mol. The van der Waals surface area contributed by atoms with Crippen LogP contribution in [-0.2, 0) is 0 Å². The van der Waals surface area contributed by atoms with Gasteiger partial charge in [0.15, 0.2) is 0 Å². The number of aliphatic imine (C=N–C) groups is 1. The second-order valence-electron chi connectivity index (χ2n) is 6.76. The fourth-order valence-electron chi connectivity index (χ4n) is 3.13. The first-order valence-corrected chi connectivity index (χ1v) is 9.88. The summed E-state index contributed by atoms with van der Waals surface area (Å²) in [5.74, 6) is -1.00. The van der Waals surface area contributed by atoms with E-state index in [9.17, 15) is 9.90 Å². The molecule has 1 N–H and O–H groups in total. The minimum absolute atomic E-state index is 0.188. The predicted octanol–water partition coefficient (Wildman–Crippen LogP) is 5.55. The molecule has 29 heavy (non-hydrogen) atoms. The summed E-state index contributed by atoms with van der Waals surface area (Å²) in [5.41, 5.74) is 4.14. The van der Waals surface area contributed by atoms with Crippen molar-refractivity contribution in [1.82, 2.24) is 9.88 Å². The highest BCUT2D eigenvalue weighted by Crippen LogP contribution is 2.44. The van der Waals surface area contributed by atoms with Crippen LogP contribution in [0, 0.1) is 0 Å². The van der Waals surface area contributed by atoms with E-state index in [1.165, 1.54) is 0 Å². The van der Waals surface area contributed by atoms with Crippen molar-refractivity contribution in [2.75, 3.05) is 14.1 Å². The van der Waals surface area contributed by atoms with Crippen molar-refractivity contribution in [1.29, 1.82) is 0 Å². The molecule has 0 saturated carbocycles. The normalized spacial score (nSPS) is 11.2. The molecule has 0 unspecified atom stereocenters. The van der Waals surface area contributed by atoms with Crippen LogP contribution in [0.5, 0.6) is 0 Å². The zero-order valence-electron chi connectivity index (χ0n) is 16.0. The van der Waals surface area contributed by atoms with Gasteiger partial charge >= 0.3 is 5.97 Å². The van der Waals surface area contributed by atoms with E-state index in [0.29, 0.717) is 10.5 Å². The van der Waals surface area contributed by atoms with Crippen molar-refractivity contribution >= 4 is 39.5 Å². The number of aromatic carboxylic acids is 1. The van der Waals surface area contributed by atoms with E-state index in [4.69, 9.17) is 4.98 Å². The van der Waals surface area contributed by atoms with Gasteiger partial charge in [-0.25, -0.2) is 14.8 Å². The Kier molecular flexibility index (Phi) is 5.10. The third-order valence-corrected chi connectivity index (χ3v) is 5.46. The van der Waals surface area contributed by atoms with Crippen LogP contribution in [0.2, 0.25) is 0 Å². The van der Waals surface area contributed by atoms with Crippen LogP contribution < -0.4 is 0 Å². The molecule has 144 valence electrons. The van der Waals surface area contributed by atoms with Gasteiger partial charge in [0.05, 0.1) is 12.0 Å². The first-order valence-electron chi connectivity index (χ1n) is 9.07. The number of nitrogens with zero attached hydrogens (tertiary/aromatic N) is 3. The molecule has 0 spiro atoms. The quantitative estimate of drug-likeness (QED) is 0.352. The molecule has 4 aromatic rings. The second-order valence-corrected chi connectivity index (χ2v) is 7.76. The maximum Gasteiger partial charge on any atom is 0.348 e. The Morgan fingerprint density at radius 1 is 1.03 bits per heavy atom. The van der Waals surface area contributed by atoms with E-state index >= 15 is 0 Å². The standard InChI is InChI=1S/C23H19N3O2S/c1-26(2)14-24-20-19-17(15-9-5-3-6-10-15)13-18(16-11-7-4-8-12-16)25-22(19)29-21(20)23(27)28/h3-14H,1-2H3,(H,27,28). The lowest BCUT2D eigenvalue weighted by atomic mass is 9.99. The summed E-state index contributed by atoms with van der Waals surface area (Å²) >= 11 is 1.16. The molecule has 0 bridgehead atoms. The van der Waals surface area contributed by atoms with Crippen LogP contribution in [-0.4, -0.2) is 41.4 Å². The van der Waals surface area contributed by atoms with Crippen molar-refractivity contribution in [2.45, 2.75) is 0 Å². The highest BCUT2D eigenvalue weighted by atomic mass is 32.1. The number of hydrogen-bond acceptors (Lipinski definition) is 4. The van der Waals surface area contributed by atoms with Gasteiger partial charge in [-0.2, -0.15) is 0 Å². The molecule has 4 rings (SSSR count). The van der Waals surface area contributed by atoms with Crippen molar-refractivity contribution < 1.29 is 9.90 Å². The van der Waals surface area contributed by atoms with Crippen molar-refractivity contribution in [3.05, 3.63) is 71.6 Å². The van der Waals surface area contributed by atoms with Crippen molar-refractivity contribution in [3.63, 3.8) is 0 Å². The number of carboxylic acids is 1. The van der Waals surface area contributed by atoms with E-state index in [1.807, 2.05) is 80.8 Å². The number of carboxylic acid groups (broad SMARTS) is 1. The molecule has 0 atom stereocenters. The Morgan fingerprint density at radius 2 is 1.66 bits per heavy atom. The number of hydrogen-bond donors (Lipinski definition) is 1. The van der Waals surface area contributed by atoms with Crippen LogP contribution in [0.25, 0.3) is 32.6 Å². The first-order chi connectivity index (χ1) is 14.0. The smallest absolute Gasteiger partial charge is 0.348 e. The molecule has 2 heterocycles. The van der Waals surface area contributed by atoms with E-state index in [2.05, 4.69) is 4.99 Å². The lowest BCUT2D eigenvalue weighted by Crippen LogP contribution is -2.07. The molecule has 6 heteroatoms. The van der Waals surface area contributed by atoms with E-state index in [0.717, 1.165) is 39.1 Å². The summed E-state index contributed by atoms with van der Waals surface area (Å²) in [7, 11) is 3.70. The Labute approximate surface area is 172 Å². The van der Waals surface area contributed by atoms with Gasteiger partial charge in [0.25, 0.3) is 0 Å². The number of pyridine rings is 1. The van der Waals surface area contributed by atoms with Gasteiger partial charge in [-0.1, -0.05) is 60.7 Å². The third-order valence-electron chi connectivity index (χ3n) is 4.40. The zero-order valence-corrected chi connectivity index (χ0v) is 16.9. The summed E-state index contributed by atoms with van der Waals surface area (Å²) in [4.78, 5) is 23.8. The Hall–Kier alpha value is -3.51. The summed E-state index contributed by atoms with van der Waals surface area (Å²) in [6, 6.07) is 21.8. The van der Waals surface area contributed by atoms with Gasteiger partial charge in [0, 0.05) is 25.0 Å². The van der Waals surface area contributed by atoms with E-state index in [-0.39, 0.29) is 4.88 Å². The van der Waals surface area contributed by atoms with E-state index in [1.54, 1.807) is 11.2 Å². The SMILES string of the molecule is CN(C)C=Nc1c(C(=O)O)sc2nc(-c3ccccc3)cc(-c3ccccc3)c12. The average Bonchev–Trinajstić information content (AvgIpc) is 3.12. The van der Waals surface area contributed by atoms with Gasteiger partial charge in [-0.15, -0.1) is 11.3 Å². The first kappa shape index (κ1) is 18.8. The number of carbonyl (C=O) groups is 1. The zero-order chi connectivity index (χ0) is 20.4. The van der Waals surface area contributed by atoms with Crippen LogP contribution in [0.15, 0.2) is 71.7 Å².